The highest BCUT2D eigenvalue weighted by Crippen LogP contribution is 2.30. The first-order valence-electron chi connectivity index (χ1n) is 8.47. The fourth-order valence-corrected chi connectivity index (χ4v) is 2.15. The second kappa shape index (κ2) is 11.1. The van der Waals surface area contributed by atoms with Gasteiger partial charge in [0.15, 0.2) is 0 Å². The van der Waals surface area contributed by atoms with Gasteiger partial charge in [-0.2, -0.15) is 0 Å². The normalized spacial score (nSPS) is 11.2. The number of hydrogen-bond donors (Lipinski definition) is 2. The molecule has 7 nitrogen and oxygen atoms in total. The van der Waals surface area contributed by atoms with Crippen molar-refractivity contribution in [3.63, 3.8) is 0 Å². The third kappa shape index (κ3) is 6.76. The zero-order valence-electron chi connectivity index (χ0n) is 16.0. The molecule has 0 saturated heterocycles. The number of anilines is 1. The van der Waals surface area contributed by atoms with Crippen molar-refractivity contribution in [3.05, 3.63) is 35.5 Å². The molecule has 26 heavy (non-hydrogen) atoms. The monoisotopic (exact) mass is 364 g/mol. The molecule has 0 aromatic heterocycles. The summed E-state index contributed by atoms with van der Waals surface area (Å²) in [5, 5.41) is 6.05. The molecule has 0 spiro atoms. The van der Waals surface area contributed by atoms with E-state index in [4.69, 9.17) is 9.47 Å². The number of methoxy groups -OCH3 is 2. The summed E-state index contributed by atoms with van der Waals surface area (Å²) in [7, 11) is 4.30. The average molecular weight is 364 g/mol. The van der Waals surface area contributed by atoms with Crippen LogP contribution in [0, 0.1) is 5.92 Å². The molecule has 1 rings (SSSR count). The molecule has 1 aromatic carbocycles. The number of para-hydroxylation sites is 1. The maximum Gasteiger partial charge on any atom is 0.354 e. The first-order chi connectivity index (χ1) is 12.4. The van der Waals surface area contributed by atoms with Crippen LogP contribution >= 0.6 is 0 Å². The Morgan fingerprint density at radius 2 is 1.92 bits per heavy atom. The van der Waals surface area contributed by atoms with Gasteiger partial charge in [0.1, 0.15) is 11.4 Å². The molecule has 0 aliphatic heterocycles. The highest BCUT2D eigenvalue weighted by Gasteiger charge is 2.17. The lowest BCUT2D eigenvalue weighted by Gasteiger charge is -2.18. The number of carbonyl (C=O) groups is 2. The summed E-state index contributed by atoms with van der Waals surface area (Å²) in [6, 6.07) is 5.60. The first-order valence-corrected chi connectivity index (χ1v) is 8.47. The van der Waals surface area contributed by atoms with E-state index in [1.807, 2.05) is 25.2 Å². The lowest BCUT2D eigenvalue weighted by Crippen LogP contribution is -2.18. The Kier molecular flexibility index (Phi) is 9.22. The van der Waals surface area contributed by atoms with Gasteiger partial charge in [-0.3, -0.25) is 0 Å². The van der Waals surface area contributed by atoms with E-state index < -0.39 is 11.9 Å². The molecule has 2 N–H and O–H groups in total. The zero-order valence-corrected chi connectivity index (χ0v) is 16.0. The van der Waals surface area contributed by atoms with E-state index in [1.165, 1.54) is 14.2 Å². The van der Waals surface area contributed by atoms with E-state index in [0.29, 0.717) is 30.5 Å². The summed E-state index contributed by atoms with van der Waals surface area (Å²) in [6.07, 6.45) is 1.96. The van der Waals surface area contributed by atoms with E-state index in [2.05, 4.69) is 29.2 Å². The van der Waals surface area contributed by atoms with Crippen LogP contribution in [0.3, 0.4) is 0 Å². The van der Waals surface area contributed by atoms with Crippen molar-refractivity contribution in [2.24, 2.45) is 5.92 Å². The van der Waals surface area contributed by atoms with Crippen molar-refractivity contribution in [2.75, 3.05) is 33.2 Å². The number of ether oxygens (including phenoxy) is 3. The standard InChI is InChI=1S/C19H28N2O5/c1-13(2)9-10-26-16-8-6-7-14(12-20-3)18(16)21-15(19(23)25-5)11-17(22)24-4/h6-8,11,13,20-21H,9-10,12H2,1-5H3/b15-11-. The summed E-state index contributed by atoms with van der Waals surface area (Å²) >= 11 is 0. The van der Waals surface area contributed by atoms with Crippen LogP contribution in [0.15, 0.2) is 30.0 Å². The molecule has 0 unspecified atom stereocenters. The first kappa shape index (κ1) is 21.5. The Balaban J connectivity index is 3.20. The number of hydrogen-bond acceptors (Lipinski definition) is 7. The minimum absolute atomic E-state index is 0.0309. The molecule has 0 saturated carbocycles. The molecular formula is C19H28N2O5. The van der Waals surface area contributed by atoms with Crippen molar-refractivity contribution >= 4 is 17.6 Å². The lowest BCUT2D eigenvalue weighted by molar-refractivity contribution is -0.138. The molecule has 0 bridgehead atoms. The van der Waals surface area contributed by atoms with Gasteiger partial charge >= 0.3 is 11.9 Å². The Morgan fingerprint density at radius 3 is 2.50 bits per heavy atom. The van der Waals surface area contributed by atoms with Gasteiger partial charge in [0.2, 0.25) is 0 Å². The summed E-state index contributed by atoms with van der Waals surface area (Å²) in [4.78, 5) is 23.6. The molecule has 0 aliphatic rings. The molecule has 0 heterocycles. The molecule has 0 amide bonds. The van der Waals surface area contributed by atoms with Crippen LogP contribution in [0.1, 0.15) is 25.8 Å². The van der Waals surface area contributed by atoms with Crippen LogP contribution in [0.25, 0.3) is 0 Å². The van der Waals surface area contributed by atoms with Gasteiger partial charge in [0, 0.05) is 6.54 Å². The maximum absolute atomic E-state index is 12.0. The fraction of sp³-hybridized carbons (Fsp3) is 0.474. The molecule has 0 atom stereocenters. The Morgan fingerprint density at radius 1 is 1.19 bits per heavy atom. The maximum atomic E-state index is 12.0. The van der Waals surface area contributed by atoms with Crippen LogP contribution in [-0.4, -0.2) is 39.8 Å². The summed E-state index contributed by atoms with van der Waals surface area (Å²) in [5.41, 5.74) is 1.46. The SMILES string of the molecule is CNCc1cccc(OCCC(C)C)c1N/C(=C\C(=O)OC)C(=O)OC. The predicted octanol–water partition coefficient (Wildman–Crippen LogP) is 2.47. The Bertz CT molecular complexity index is 641. The molecule has 144 valence electrons. The number of benzene rings is 1. The molecule has 1 aromatic rings. The van der Waals surface area contributed by atoms with E-state index in [9.17, 15) is 9.59 Å². The van der Waals surface area contributed by atoms with Gasteiger partial charge in [-0.05, 0) is 31.0 Å². The van der Waals surface area contributed by atoms with Crippen molar-refractivity contribution in [1.29, 1.82) is 0 Å². The highest BCUT2D eigenvalue weighted by atomic mass is 16.5. The molecular weight excluding hydrogens is 336 g/mol. The van der Waals surface area contributed by atoms with Gasteiger partial charge in [-0.1, -0.05) is 26.0 Å². The fourth-order valence-electron chi connectivity index (χ4n) is 2.15. The number of carbonyl (C=O) groups excluding carboxylic acids is 2. The van der Waals surface area contributed by atoms with Crippen molar-refractivity contribution in [3.8, 4) is 5.75 Å². The predicted molar refractivity (Wildman–Crippen MR) is 99.9 cm³/mol. The van der Waals surface area contributed by atoms with E-state index in [1.54, 1.807) is 0 Å². The van der Waals surface area contributed by atoms with Crippen LogP contribution in [0.2, 0.25) is 0 Å². The average Bonchev–Trinajstić information content (AvgIpc) is 2.62. The molecule has 0 aliphatic carbocycles. The third-order valence-corrected chi connectivity index (χ3v) is 3.56. The van der Waals surface area contributed by atoms with Crippen molar-refractivity contribution in [2.45, 2.75) is 26.8 Å². The molecule has 7 heteroatoms. The van der Waals surface area contributed by atoms with Gasteiger partial charge in [0.05, 0.1) is 32.6 Å². The second-order valence-electron chi connectivity index (χ2n) is 6.05. The smallest absolute Gasteiger partial charge is 0.354 e. The van der Waals surface area contributed by atoms with E-state index in [-0.39, 0.29) is 5.70 Å². The zero-order chi connectivity index (χ0) is 19.5. The molecule has 0 radical (unpaired) electrons. The van der Waals surface area contributed by atoms with E-state index in [0.717, 1.165) is 18.1 Å². The van der Waals surface area contributed by atoms with Gasteiger partial charge in [0.25, 0.3) is 0 Å². The Hall–Kier alpha value is -2.54. The Labute approximate surface area is 154 Å². The summed E-state index contributed by atoms with van der Waals surface area (Å²) < 4.78 is 15.2. The summed E-state index contributed by atoms with van der Waals surface area (Å²) in [6.45, 7) is 5.34. The van der Waals surface area contributed by atoms with Crippen LogP contribution in [0.4, 0.5) is 5.69 Å². The van der Waals surface area contributed by atoms with Gasteiger partial charge in [-0.25, -0.2) is 9.59 Å². The quantitative estimate of drug-likeness (QED) is 0.487. The summed E-state index contributed by atoms with van der Waals surface area (Å²) in [5.74, 6) is -0.233. The van der Waals surface area contributed by atoms with Crippen molar-refractivity contribution in [1.82, 2.24) is 5.32 Å². The van der Waals surface area contributed by atoms with Crippen LogP contribution in [-0.2, 0) is 25.6 Å². The number of nitrogens with one attached hydrogen (secondary N) is 2. The van der Waals surface area contributed by atoms with Crippen LogP contribution in [0.5, 0.6) is 5.75 Å². The minimum atomic E-state index is -0.678. The minimum Gasteiger partial charge on any atom is -0.491 e. The van der Waals surface area contributed by atoms with Crippen molar-refractivity contribution < 1.29 is 23.8 Å². The van der Waals surface area contributed by atoms with Gasteiger partial charge < -0.3 is 24.8 Å². The third-order valence-electron chi connectivity index (χ3n) is 3.56. The molecule has 0 fully saturated rings. The topological polar surface area (TPSA) is 85.9 Å². The van der Waals surface area contributed by atoms with Gasteiger partial charge in [-0.15, -0.1) is 0 Å². The lowest BCUT2D eigenvalue weighted by atomic mass is 10.1. The number of esters is 2. The number of rotatable bonds is 10. The highest BCUT2D eigenvalue weighted by molar-refractivity contribution is 5.99. The second-order valence-corrected chi connectivity index (χ2v) is 6.05. The van der Waals surface area contributed by atoms with Crippen LogP contribution < -0.4 is 15.4 Å². The van der Waals surface area contributed by atoms with E-state index >= 15 is 0 Å². The largest absolute Gasteiger partial charge is 0.491 e.